The van der Waals surface area contributed by atoms with Crippen molar-refractivity contribution in [1.29, 1.82) is 0 Å². The van der Waals surface area contributed by atoms with Crippen molar-refractivity contribution in [1.82, 2.24) is 10.3 Å². The lowest BCUT2D eigenvalue weighted by Crippen LogP contribution is -2.41. The standard InChI is InChI=1S/C16H15N3O5S/c20-14(17-12(16(21)22)7-9-1-2-9)13-8-25-15(18-13)10-3-5-11(6-4-10)19(23)24/h3-6,8-9,12H,1-2,7H2,(H,17,20)(H,21,22). The fraction of sp³-hybridized carbons (Fsp3) is 0.312. The van der Waals surface area contributed by atoms with Crippen LogP contribution in [0.25, 0.3) is 10.6 Å². The maximum atomic E-state index is 12.2. The smallest absolute Gasteiger partial charge is 0.326 e. The number of carboxylic acid groups (broad SMARTS) is 1. The maximum Gasteiger partial charge on any atom is 0.326 e. The summed E-state index contributed by atoms with van der Waals surface area (Å²) in [5.41, 5.74) is 0.769. The van der Waals surface area contributed by atoms with Gasteiger partial charge in [0.15, 0.2) is 0 Å². The molecule has 1 aliphatic rings. The Kier molecular flexibility index (Phi) is 4.75. The second kappa shape index (κ2) is 6.98. The lowest BCUT2D eigenvalue weighted by molar-refractivity contribution is -0.384. The van der Waals surface area contributed by atoms with E-state index in [2.05, 4.69) is 10.3 Å². The zero-order valence-electron chi connectivity index (χ0n) is 13.0. The van der Waals surface area contributed by atoms with E-state index in [0.717, 1.165) is 12.8 Å². The van der Waals surface area contributed by atoms with Crippen molar-refractivity contribution in [2.75, 3.05) is 0 Å². The van der Waals surface area contributed by atoms with Crippen LogP contribution < -0.4 is 5.32 Å². The first-order valence-corrected chi connectivity index (χ1v) is 8.56. The highest BCUT2D eigenvalue weighted by molar-refractivity contribution is 7.13. The SMILES string of the molecule is O=C(NC(CC1CC1)C(=O)O)c1csc(-c2ccc([N+](=O)[O-])cc2)n1. The zero-order valence-corrected chi connectivity index (χ0v) is 13.9. The number of nitrogens with zero attached hydrogens (tertiary/aromatic N) is 2. The van der Waals surface area contributed by atoms with Crippen molar-refractivity contribution in [2.24, 2.45) is 5.92 Å². The highest BCUT2D eigenvalue weighted by atomic mass is 32.1. The molecule has 130 valence electrons. The Bertz CT molecular complexity index is 813. The first-order chi connectivity index (χ1) is 11.9. The molecule has 2 N–H and O–H groups in total. The van der Waals surface area contributed by atoms with E-state index in [4.69, 9.17) is 0 Å². The molecule has 1 fully saturated rings. The van der Waals surface area contributed by atoms with Gasteiger partial charge in [-0.1, -0.05) is 12.8 Å². The molecule has 8 nitrogen and oxygen atoms in total. The number of amides is 1. The van der Waals surface area contributed by atoms with Crippen molar-refractivity contribution in [2.45, 2.75) is 25.3 Å². The average Bonchev–Trinajstić information content (AvgIpc) is 3.26. The molecule has 1 aromatic carbocycles. The summed E-state index contributed by atoms with van der Waals surface area (Å²) in [6, 6.07) is 4.95. The molecule has 1 amide bonds. The number of thiazole rings is 1. The highest BCUT2D eigenvalue weighted by Crippen LogP contribution is 2.33. The quantitative estimate of drug-likeness (QED) is 0.577. The molecule has 1 heterocycles. The van der Waals surface area contributed by atoms with Crippen LogP contribution >= 0.6 is 11.3 Å². The number of nitro groups is 1. The molecular weight excluding hydrogens is 346 g/mol. The van der Waals surface area contributed by atoms with Gasteiger partial charge in [-0.05, 0) is 24.5 Å². The van der Waals surface area contributed by atoms with E-state index in [1.807, 2.05) is 0 Å². The van der Waals surface area contributed by atoms with Crippen LogP contribution in [0.1, 0.15) is 29.8 Å². The lowest BCUT2D eigenvalue weighted by atomic mass is 10.1. The average molecular weight is 361 g/mol. The Balaban J connectivity index is 1.70. The van der Waals surface area contributed by atoms with E-state index in [9.17, 15) is 24.8 Å². The Morgan fingerprint density at radius 3 is 2.60 bits per heavy atom. The molecule has 0 saturated heterocycles. The summed E-state index contributed by atoms with van der Waals surface area (Å²) in [5.74, 6) is -1.21. The molecular formula is C16H15N3O5S. The molecule has 1 aliphatic carbocycles. The number of rotatable bonds is 7. The summed E-state index contributed by atoms with van der Waals surface area (Å²) in [7, 11) is 0. The summed E-state index contributed by atoms with van der Waals surface area (Å²) in [6.07, 6.45) is 2.43. The third kappa shape index (κ3) is 4.18. The summed E-state index contributed by atoms with van der Waals surface area (Å²) in [5, 5.41) is 24.5. The number of aromatic nitrogens is 1. The van der Waals surface area contributed by atoms with Crippen LogP contribution in [0.3, 0.4) is 0 Å². The van der Waals surface area contributed by atoms with E-state index in [1.165, 1.54) is 23.5 Å². The van der Waals surface area contributed by atoms with Crippen molar-refractivity contribution in [3.8, 4) is 10.6 Å². The summed E-state index contributed by atoms with van der Waals surface area (Å²) in [4.78, 5) is 37.9. The van der Waals surface area contributed by atoms with Crippen molar-refractivity contribution in [3.63, 3.8) is 0 Å². The van der Waals surface area contributed by atoms with Crippen LogP contribution in [0.2, 0.25) is 0 Å². The van der Waals surface area contributed by atoms with Crippen LogP contribution in [0.4, 0.5) is 5.69 Å². The number of aliphatic carboxylic acids is 1. The summed E-state index contributed by atoms with van der Waals surface area (Å²) < 4.78 is 0. The number of hydrogen-bond donors (Lipinski definition) is 2. The monoisotopic (exact) mass is 361 g/mol. The zero-order chi connectivity index (χ0) is 18.0. The number of nitro benzene ring substituents is 1. The Labute approximate surface area is 146 Å². The van der Waals surface area contributed by atoms with E-state index in [-0.39, 0.29) is 11.4 Å². The molecule has 3 rings (SSSR count). The Hall–Kier alpha value is -2.81. The summed E-state index contributed by atoms with van der Waals surface area (Å²) >= 11 is 1.22. The second-order valence-corrected chi connectivity index (χ2v) is 6.74. The maximum absolute atomic E-state index is 12.2. The Morgan fingerprint density at radius 2 is 2.04 bits per heavy atom. The third-order valence-corrected chi connectivity index (χ3v) is 4.82. The number of carboxylic acids is 1. The Morgan fingerprint density at radius 1 is 1.36 bits per heavy atom. The predicted molar refractivity (Wildman–Crippen MR) is 90.4 cm³/mol. The van der Waals surface area contributed by atoms with Gasteiger partial charge in [0.25, 0.3) is 11.6 Å². The van der Waals surface area contributed by atoms with Crippen LogP contribution in [-0.2, 0) is 4.79 Å². The number of non-ortho nitro benzene ring substituents is 1. The molecule has 0 bridgehead atoms. The van der Waals surface area contributed by atoms with Gasteiger partial charge in [0.1, 0.15) is 16.7 Å². The highest BCUT2D eigenvalue weighted by Gasteiger charge is 2.30. The second-order valence-electron chi connectivity index (χ2n) is 5.89. The predicted octanol–water partition coefficient (Wildman–Crippen LogP) is 2.70. The first kappa shape index (κ1) is 17.0. The first-order valence-electron chi connectivity index (χ1n) is 7.68. The number of benzene rings is 1. The molecule has 2 aromatic rings. The van der Waals surface area contributed by atoms with Gasteiger partial charge < -0.3 is 10.4 Å². The molecule has 0 spiro atoms. The number of nitrogens with one attached hydrogen (secondary N) is 1. The van der Waals surface area contributed by atoms with Gasteiger partial charge in [-0.25, -0.2) is 9.78 Å². The van der Waals surface area contributed by atoms with Gasteiger partial charge in [-0.2, -0.15) is 0 Å². The minimum Gasteiger partial charge on any atom is -0.480 e. The molecule has 1 saturated carbocycles. The van der Waals surface area contributed by atoms with Gasteiger partial charge in [-0.15, -0.1) is 11.3 Å². The van der Waals surface area contributed by atoms with E-state index < -0.39 is 22.8 Å². The van der Waals surface area contributed by atoms with Crippen LogP contribution in [0.15, 0.2) is 29.6 Å². The molecule has 9 heteroatoms. The van der Waals surface area contributed by atoms with E-state index in [0.29, 0.717) is 22.9 Å². The molecule has 1 atom stereocenters. The molecule has 25 heavy (non-hydrogen) atoms. The molecule has 0 radical (unpaired) electrons. The topological polar surface area (TPSA) is 122 Å². The number of carbonyl (C=O) groups is 2. The lowest BCUT2D eigenvalue weighted by Gasteiger charge is -2.12. The largest absolute Gasteiger partial charge is 0.480 e. The number of hydrogen-bond acceptors (Lipinski definition) is 6. The minimum absolute atomic E-state index is 0.0253. The number of carbonyl (C=O) groups excluding carboxylic acids is 1. The fourth-order valence-electron chi connectivity index (χ4n) is 2.38. The van der Waals surface area contributed by atoms with Crippen molar-refractivity contribution >= 4 is 28.9 Å². The van der Waals surface area contributed by atoms with Gasteiger partial charge in [0.2, 0.25) is 0 Å². The van der Waals surface area contributed by atoms with Gasteiger partial charge >= 0.3 is 5.97 Å². The normalized spacial score (nSPS) is 14.7. The minimum atomic E-state index is -1.05. The van der Waals surface area contributed by atoms with Crippen LogP contribution in [0, 0.1) is 16.0 Å². The van der Waals surface area contributed by atoms with Gasteiger partial charge in [-0.3, -0.25) is 14.9 Å². The fourth-order valence-corrected chi connectivity index (χ4v) is 3.18. The van der Waals surface area contributed by atoms with Crippen LogP contribution in [0.5, 0.6) is 0 Å². The molecule has 1 aromatic heterocycles. The molecule has 1 unspecified atom stereocenters. The third-order valence-electron chi connectivity index (χ3n) is 3.93. The van der Waals surface area contributed by atoms with E-state index in [1.54, 1.807) is 17.5 Å². The van der Waals surface area contributed by atoms with Crippen molar-refractivity contribution < 1.29 is 19.6 Å². The van der Waals surface area contributed by atoms with E-state index >= 15 is 0 Å². The van der Waals surface area contributed by atoms with Gasteiger partial charge in [0, 0.05) is 23.1 Å². The van der Waals surface area contributed by atoms with Gasteiger partial charge in [0.05, 0.1) is 4.92 Å². The van der Waals surface area contributed by atoms with Crippen molar-refractivity contribution in [3.05, 3.63) is 45.5 Å². The van der Waals surface area contributed by atoms with Crippen LogP contribution in [-0.4, -0.2) is 32.9 Å². The molecule has 0 aliphatic heterocycles. The summed E-state index contributed by atoms with van der Waals surface area (Å²) in [6.45, 7) is 0.